The highest BCUT2D eigenvalue weighted by Crippen LogP contribution is 2.06. The fourth-order valence-corrected chi connectivity index (χ4v) is 1.02. The number of carbonyl (C=O) groups excluding carboxylic acids is 1. The van der Waals surface area contributed by atoms with E-state index >= 15 is 0 Å². The number of primary amides is 1. The maximum absolute atomic E-state index is 10.5. The molecule has 0 fully saturated rings. The summed E-state index contributed by atoms with van der Waals surface area (Å²) in [7, 11) is 0. The molecule has 0 rings (SSSR count). The van der Waals surface area contributed by atoms with Gasteiger partial charge in [-0.15, -0.1) is 0 Å². The van der Waals surface area contributed by atoms with E-state index in [9.17, 15) is 4.79 Å². The van der Waals surface area contributed by atoms with E-state index in [4.69, 9.17) is 10.8 Å². The van der Waals surface area contributed by atoms with Gasteiger partial charge in [0.15, 0.2) is 0 Å². The van der Waals surface area contributed by atoms with Gasteiger partial charge in [-0.1, -0.05) is 0 Å². The van der Waals surface area contributed by atoms with Gasteiger partial charge < -0.3 is 10.8 Å². The third kappa shape index (κ3) is 3.74. The molecular weight excluding hydrogens is 150 g/mol. The Morgan fingerprint density at radius 1 is 1.70 bits per heavy atom. The highest BCUT2D eigenvalue weighted by Gasteiger charge is 2.11. The molecule has 0 aromatic heterocycles. The maximum Gasteiger partial charge on any atom is 0.221 e. The summed E-state index contributed by atoms with van der Waals surface area (Å²) in [5.74, 6) is -0.0473. The molecule has 60 valence electrons. The van der Waals surface area contributed by atoms with Crippen LogP contribution in [0.25, 0.3) is 0 Å². The van der Waals surface area contributed by atoms with Gasteiger partial charge in [0.25, 0.3) is 0 Å². The minimum Gasteiger partial charge on any atom is -0.396 e. The summed E-state index contributed by atoms with van der Waals surface area (Å²) in [6.07, 6.45) is 1.25. The molecule has 4 heteroatoms. The monoisotopic (exact) mass is 163 g/mol. The molecule has 0 bridgehead atoms. The summed E-state index contributed by atoms with van der Waals surface area (Å²) < 4.78 is 0. The fraction of sp³-hybridized carbons (Fsp3) is 0.833. The fourth-order valence-electron chi connectivity index (χ4n) is 0.661. The van der Waals surface area contributed by atoms with Gasteiger partial charge >= 0.3 is 0 Å². The van der Waals surface area contributed by atoms with Crippen molar-refractivity contribution in [2.45, 2.75) is 12.8 Å². The second kappa shape index (κ2) is 5.56. The second-order valence-corrected chi connectivity index (χ2v) is 2.51. The van der Waals surface area contributed by atoms with Crippen LogP contribution in [-0.2, 0) is 4.79 Å². The SMILES string of the molecule is NC(=O)[C@@H](CS)CCCO. The van der Waals surface area contributed by atoms with Crippen LogP contribution in [0.15, 0.2) is 0 Å². The Kier molecular flexibility index (Phi) is 5.43. The molecule has 0 aliphatic carbocycles. The molecule has 0 heterocycles. The molecule has 0 spiro atoms. The van der Waals surface area contributed by atoms with E-state index in [2.05, 4.69) is 12.6 Å². The summed E-state index contributed by atoms with van der Waals surface area (Å²) in [5, 5.41) is 8.42. The molecule has 0 radical (unpaired) electrons. The number of carbonyl (C=O) groups is 1. The van der Waals surface area contributed by atoms with Gasteiger partial charge in [-0.25, -0.2) is 0 Å². The lowest BCUT2D eigenvalue weighted by atomic mass is 10.1. The molecule has 1 amide bonds. The predicted molar refractivity (Wildman–Crippen MR) is 42.9 cm³/mol. The maximum atomic E-state index is 10.5. The van der Waals surface area contributed by atoms with Crippen LogP contribution in [-0.4, -0.2) is 23.4 Å². The van der Waals surface area contributed by atoms with Crippen molar-refractivity contribution in [1.29, 1.82) is 0 Å². The quantitative estimate of drug-likeness (QED) is 0.491. The third-order valence-electron chi connectivity index (χ3n) is 1.33. The Bertz CT molecular complexity index is 108. The predicted octanol–water partition coefficient (Wildman–Crippen LogP) is -0.210. The van der Waals surface area contributed by atoms with Crippen molar-refractivity contribution in [3.63, 3.8) is 0 Å². The zero-order chi connectivity index (χ0) is 7.98. The van der Waals surface area contributed by atoms with E-state index in [0.717, 1.165) is 0 Å². The van der Waals surface area contributed by atoms with E-state index < -0.39 is 0 Å². The van der Waals surface area contributed by atoms with E-state index in [1.54, 1.807) is 0 Å². The zero-order valence-corrected chi connectivity index (χ0v) is 6.68. The van der Waals surface area contributed by atoms with Crippen LogP contribution in [0.4, 0.5) is 0 Å². The Hall–Kier alpha value is -0.220. The standard InChI is InChI=1S/C6H13NO2S/c7-6(9)5(4-10)2-1-3-8/h5,8,10H,1-4H2,(H2,7,9)/t5-/m1/s1. The number of hydrogen-bond donors (Lipinski definition) is 3. The van der Waals surface area contributed by atoms with Gasteiger partial charge in [-0.3, -0.25) is 4.79 Å². The smallest absolute Gasteiger partial charge is 0.221 e. The lowest BCUT2D eigenvalue weighted by molar-refractivity contribution is -0.121. The first-order valence-corrected chi connectivity index (χ1v) is 3.86. The number of hydrogen-bond acceptors (Lipinski definition) is 3. The number of nitrogens with two attached hydrogens (primary N) is 1. The number of thiol groups is 1. The first-order valence-electron chi connectivity index (χ1n) is 3.23. The van der Waals surface area contributed by atoms with Crippen molar-refractivity contribution in [3.05, 3.63) is 0 Å². The molecule has 0 unspecified atom stereocenters. The number of rotatable bonds is 5. The average Bonchev–Trinajstić information content (AvgIpc) is 1.89. The summed E-state index contributed by atoms with van der Waals surface area (Å²) in [4.78, 5) is 10.5. The molecule has 0 saturated carbocycles. The second-order valence-electron chi connectivity index (χ2n) is 2.15. The molecule has 10 heavy (non-hydrogen) atoms. The minimum absolute atomic E-state index is 0.109. The van der Waals surface area contributed by atoms with Crippen molar-refractivity contribution in [2.24, 2.45) is 11.7 Å². The number of aliphatic hydroxyl groups is 1. The average molecular weight is 163 g/mol. The van der Waals surface area contributed by atoms with Crippen LogP contribution in [0, 0.1) is 5.92 Å². The molecule has 0 aliphatic rings. The Morgan fingerprint density at radius 3 is 2.60 bits per heavy atom. The Labute approximate surface area is 66.0 Å². The highest BCUT2D eigenvalue weighted by atomic mass is 32.1. The number of amides is 1. The lowest BCUT2D eigenvalue weighted by Gasteiger charge is -2.07. The first-order chi connectivity index (χ1) is 4.72. The summed E-state index contributed by atoms with van der Waals surface area (Å²) in [6, 6.07) is 0. The molecule has 0 aromatic carbocycles. The summed E-state index contributed by atoms with van der Waals surface area (Å²) in [6.45, 7) is 0.109. The molecule has 3 N–H and O–H groups in total. The van der Waals surface area contributed by atoms with Gasteiger partial charge in [0, 0.05) is 18.3 Å². The molecular formula is C6H13NO2S. The van der Waals surface area contributed by atoms with Gasteiger partial charge in [-0.05, 0) is 12.8 Å². The third-order valence-corrected chi connectivity index (χ3v) is 1.77. The van der Waals surface area contributed by atoms with Gasteiger partial charge in [-0.2, -0.15) is 12.6 Å². The van der Waals surface area contributed by atoms with Gasteiger partial charge in [0.1, 0.15) is 0 Å². The van der Waals surface area contributed by atoms with Crippen LogP contribution in [0.1, 0.15) is 12.8 Å². The Morgan fingerprint density at radius 2 is 2.30 bits per heavy atom. The zero-order valence-electron chi connectivity index (χ0n) is 5.79. The van der Waals surface area contributed by atoms with Crippen molar-refractivity contribution in [1.82, 2.24) is 0 Å². The largest absolute Gasteiger partial charge is 0.396 e. The normalized spacial score (nSPS) is 13.0. The van der Waals surface area contributed by atoms with Crippen LogP contribution in [0.5, 0.6) is 0 Å². The van der Waals surface area contributed by atoms with E-state index in [1.807, 2.05) is 0 Å². The van der Waals surface area contributed by atoms with Crippen molar-refractivity contribution in [2.75, 3.05) is 12.4 Å². The lowest BCUT2D eigenvalue weighted by Crippen LogP contribution is -2.24. The minimum atomic E-state index is -0.330. The summed E-state index contributed by atoms with van der Waals surface area (Å²) in [5.41, 5.74) is 5.02. The van der Waals surface area contributed by atoms with Crippen LogP contribution >= 0.6 is 12.6 Å². The highest BCUT2D eigenvalue weighted by molar-refractivity contribution is 7.80. The number of aliphatic hydroxyl groups excluding tert-OH is 1. The van der Waals surface area contributed by atoms with E-state index in [0.29, 0.717) is 18.6 Å². The van der Waals surface area contributed by atoms with Crippen LogP contribution in [0.3, 0.4) is 0 Å². The van der Waals surface area contributed by atoms with Crippen LogP contribution < -0.4 is 5.73 Å². The Balaban J connectivity index is 3.50. The first kappa shape index (κ1) is 9.78. The molecule has 0 aliphatic heterocycles. The van der Waals surface area contributed by atoms with Gasteiger partial charge in [0.05, 0.1) is 0 Å². The van der Waals surface area contributed by atoms with Crippen LogP contribution in [0.2, 0.25) is 0 Å². The molecule has 0 aromatic rings. The van der Waals surface area contributed by atoms with E-state index in [-0.39, 0.29) is 18.4 Å². The topological polar surface area (TPSA) is 63.3 Å². The molecule has 3 nitrogen and oxygen atoms in total. The molecule has 0 saturated heterocycles. The molecule has 1 atom stereocenters. The van der Waals surface area contributed by atoms with Crippen molar-refractivity contribution in [3.8, 4) is 0 Å². The van der Waals surface area contributed by atoms with E-state index in [1.165, 1.54) is 0 Å². The van der Waals surface area contributed by atoms with Crippen molar-refractivity contribution < 1.29 is 9.90 Å². The van der Waals surface area contributed by atoms with Crippen molar-refractivity contribution >= 4 is 18.5 Å². The van der Waals surface area contributed by atoms with Gasteiger partial charge in [0.2, 0.25) is 5.91 Å². The summed E-state index contributed by atoms with van der Waals surface area (Å²) >= 11 is 3.95.